The van der Waals surface area contributed by atoms with Crippen LogP contribution in [0, 0.1) is 23.7 Å². The Bertz CT molecular complexity index is 2820. The van der Waals surface area contributed by atoms with E-state index in [1.165, 1.54) is 26.2 Å². The molecule has 352 valence electrons. The number of carbonyl (C=O) groups is 3. The number of phenolic OH excluding ortho intramolecular Hbond substituents is 1. The maximum atomic E-state index is 14.7. The predicted octanol–water partition coefficient (Wildman–Crippen LogP) is 7.02. The molecule has 0 radical (unpaired) electrons. The summed E-state index contributed by atoms with van der Waals surface area (Å²) < 4.78 is 27.2. The van der Waals surface area contributed by atoms with Gasteiger partial charge in [-0.25, -0.2) is 0 Å². The van der Waals surface area contributed by atoms with Crippen LogP contribution in [-0.4, -0.2) is 87.3 Å². The maximum absolute atomic E-state index is 14.7. The van der Waals surface area contributed by atoms with Crippen molar-refractivity contribution in [3.63, 3.8) is 0 Å². The molecule has 0 bridgehead atoms. The smallest absolute Gasteiger partial charge is 0.309 e. The first kappa shape index (κ1) is 47.1. The number of aliphatic hydroxyl groups is 2. The molecule has 66 heavy (non-hydrogen) atoms. The third-order valence-corrected chi connectivity index (χ3v) is 14.7. The molecule has 4 N–H and O–H groups in total. The minimum atomic E-state index is -0.870. The van der Waals surface area contributed by atoms with Gasteiger partial charge in [-0.3, -0.25) is 24.0 Å². The predicted molar refractivity (Wildman–Crippen MR) is 252 cm³/mol. The lowest BCUT2D eigenvalue weighted by atomic mass is 9.77. The van der Waals surface area contributed by atoms with Gasteiger partial charge in [-0.15, -0.1) is 0 Å². The van der Waals surface area contributed by atoms with Crippen molar-refractivity contribution >= 4 is 72.6 Å². The standard InChI is InChI=1S/C52H61NO13/c1-26-20-35-34(15-10-28-6-11-30(12-7-28)51(60)65-18-16-62-3)49(59)43-37(58)22-33(25-55)39-40-32(24-54)21-36(57)42-45(40)46(41(35)44(39)43)47(38(26)27(2)56)50(64-5)48(42)53-23-29-8-13-31(14-9-29)52(61)66-19-17-63-4/h20-22,28-31,38,53-55,59H,6-19,23-25H2,1-5H3. The number of nitrogens with one attached hydrogen (secondary N) is 1. The zero-order valence-corrected chi connectivity index (χ0v) is 38.6. The van der Waals surface area contributed by atoms with Crippen molar-refractivity contribution in [3.8, 4) is 11.5 Å². The summed E-state index contributed by atoms with van der Waals surface area (Å²) in [4.78, 5) is 68.8. The molecule has 2 saturated carbocycles. The van der Waals surface area contributed by atoms with E-state index in [0.29, 0.717) is 124 Å². The summed E-state index contributed by atoms with van der Waals surface area (Å²) in [5.41, 5.74) is 2.39. The lowest BCUT2D eigenvalue weighted by Gasteiger charge is -2.30. The summed E-state index contributed by atoms with van der Waals surface area (Å²) >= 11 is 0. The maximum Gasteiger partial charge on any atom is 0.309 e. The van der Waals surface area contributed by atoms with Crippen molar-refractivity contribution in [1.29, 1.82) is 0 Å². The molecule has 2 fully saturated rings. The van der Waals surface area contributed by atoms with Crippen molar-refractivity contribution < 1.29 is 53.4 Å². The number of methoxy groups -OCH3 is 3. The molecule has 0 aliphatic heterocycles. The normalized spacial score (nSPS) is 20.8. The van der Waals surface area contributed by atoms with Crippen LogP contribution in [0.4, 0.5) is 5.69 Å². The van der Waals surface area contributed by atoms with Crippen LogP contribution in [0.1, 0.15) is 105 Å². The Hall–Kier alpha value is -5.41. The quantitative estimate of drug-likeness (QED) is 0.0302. The Morgan fingerprint density at radius 1 is 0.682 bits per heavy atom. The molecule has 3 aliphatic rings. The van der Waals surface area contributed by atoms with E-state index in [2.05, 4.69) is 5.32 Å². The van der Waals surface area contributed by atoms with Gasteiger partial charge < -0.3 is 44.3 Å². The minimum absolute atomic E-state index is 0.0602. The van der Waals surface area contributed by atoms with Crippen LogP contribution in [-0.2, 0) is 53.0 Å². The van der Waals surface area contributed by atoms with E-state index in [-0.39, 0.29) is 87.7 Å². The molecule has 0 spiro atoms. The number of anilines is 1. The van der Waals surface area contributed by atoms with Gasteiger partial charge in [-0.1, -0.05) is 11.6 Å². The van der Waals surface area contributed by atoms with E-state index in [1.807, 2.05) is 13.0 Å². The lowest BCUT2D eigenvalue weighted by Crippen LogP contribution is -2.27. The first-order valence-corrected chi connectivity index (χ1v) is 23.3. The summed E-state index contributed by atoms with van der Waals surface area (Å²) in [5.74, 6) is -1.45. The SMILES string of the molecule is COCCOC(=O)C1CCC(CCc2c(O)c3c(=O)cc(CO)c4c5c(CO)cc(=O)c6c(NCC7CCC(C(=O)OCCOC)CC7)c(OC)c7c(c(c2C=C(C)C7C(C)=O)c34)c65)CC1. The molecule has 1 atom stereocenters. The molecule has 0 amide bonds. The molecule has 3 aliphatic carbocycles. The van der Waals surface area contributed by atoms with Crippen molar-refractivity contribution in [2.24, 2.45) is 23.7 Å². The number of hydrogen-bond acceptors (Lipinski definition) is 14. The summed E-state index contributed by atoms with van der Waals surface area (Å²) in [6.07, 6.45) is 8.59. The van der Waals surface area contributed by atoms with Gasteiger partial charge in [0.05, 0.1) is 67.8 Å². The van der Waals surface area contributed by atoms with Crippen molar-refractivity contribution in [1.82, 2.24) is 0 Å². The highest BCUT2D eigenvalue weighted by Gasteiger charge is 2.38. The molecule has 0 aromatic heterocycles. The van der Waals surface area contributed by atoms with E-state index in [9.17, 15) is 39.3 Å². The molecule has 0 heterocycles. The van der Waals surface area contributed by atoms with Crippen molar-refractivity contribution in [2.45, 2.75) is 97.2 Å². The summed E-state index contributed by atoms with van der Waals surface area (Å²) in [6.45, 7) is 3.80. The Balaban J connectivity index is 1.31. The molecule has 5 aromatic carbocycles. The van der Waals surface area contributed by atoms with Gasteiger partial charge in [0.2, 0.25) is 0 Å². The fourth-order valence-corrected chi connectivity index (χ4v) is 11.5. The number of Topliss-reactive ketones (excluding diaryl/α,β-unsaturated/α-hetero) is 1. The van der Waals surface area contributed by atoms with Gasteiger partial charge in [-0.05, 0) is 140 Å². The third-order valence-electron chi connectivity index (χ3n) is 14.7. The number of aliphatic hydroxyl groups excluding tert-OH is 2. The van der Waals surface area contributed by atoms with Gasteiger partial charge >= 0.3 is 11.9 Å². The van der Waals surface area contributed by atoms with Gasteiger partial charge in [0.25, 0.3) is 0 Å². The molecule has 8 rings (SSSR count). The highest BCUT2D eigenvalue weighted by molar-refractivity contribution is 6.39. The fraction of sp³-hybridized carbons (Fsp3) is 0.519. The molecule has 5 aromatic rings. The first-order valence-electron chi connectivity index (χ1n) is 23.3. The molecule has 0 saturated heterocycles. The van der Waals surface area contributed by atoms with Crippen LogP contribution < -0.4 is 20.9 Å². The Morgan fingerprint density at radius 3 is 1.73 bits per heavy atom. The largest absolute Gasteiger partial charge is 0.507 e. The minimum Gasteiger partial charge on any atom is -0.507 e. The second kappa shape index (κ2) is 19.8. The highest BCUT2D eigenvalue weighted by atomic mass is 16.6. The summed E-state index contributed by atoms with van der Waals surface area (Å²) in [7, 11) is 4.62. The Morgan fingerprint density at radius 2 is 1.21 bits per heavy atom. The number of ether oxygens (including phenoxy) is 5. The highest BCUT2D eigenvalue weighted by Crippen LogP contribution is 2.56. The van der Waals surface area contributed by atoms with Gasteiger partial charge in [0, 0.05) is 42.7 Å². The number of carbonyl (C=O) groups excluding carboxylic acids is 3. The van der Waals surface area contributed by atoms with Crippen LogP contribution >= 0.6 is 0 Å². The van der Waals surface area contributed by atoms with Crippen LogP contribution in [0.3, 0.4) is 0 Å². The van der Waals surface area contributed by atoms with Crippen LogP contribution in [0.5, 0.6) is 11.5 Å². The number of allylic oxidation sites excluding steroid dienone is 1. The molecular formula is C52H61NO13. The van der Waals surface area contributed by atoms with Crippen LogP contribution in [0.25, 0.3) is 49.2 Å². The van der Waals surface area contributed by atoms with Gasteiger partial charge in [0.15, 0.2) is 10.9 Å². The van der Waals surface area contributed by atoms with Crippen molar-refractivity contribution in [2.75, 3.05) is 59.6 Å². The second-order valence-electron chi connectivity index (χ2n) is 18.6. The van der Waals surface area contributed by atoms with Gasteiger partial charge in [0.1, 0.15) is 30.5 Å². The second-order valence-corrected chi connectivity index (χ2v) is 18.6. The Labute approximate surface area is 382 Å². The molecule has 14 nitrogen and oxygen atoms in total. The number of ketones is 1. The van der Waals surface area contributed by atoms with E-state index < -0.39 is 24.6 Å². The number of fused-ring (bicyclic) bond motifs is 1. The molecular weight excluding hydrogens is 847 g/mol. The zero-order chi connectivity index (χ0) is 47.0. The third kappa shape index (κ3) is 8.35. The first-order chi connectivity index (χ1) is 31.9. The molecule has 1 unspecified atom stereocenters. The number of esters is 2. The van der Waals surface area contributed by atoms with E-state index >= 15 is 0 Å². The fourth-order valence-electron chi connectivity index (χ4n) is 11.5. The van der Waals surface area contributed by atoms with E-state index in [0.717, 1.165) is 25.7 Å². The van der Waals surface area contributed by atoms with Crippen LogP contribution in [0.15, 0.2) is 27.3 Å². The number of rotatable bonds is 18. The topological polar surface area (TPSA) is 204 Å². The van der Waals surface area contributed by atoms with Gasteiger partial charge in [-0.2, -0.15) is 0 Å². The lowest BCUT2D eigenvalue weighted by molar-refractivity contribution is -0.152. The zero-order valence-electron chi connectivity index (χ0n) is 38.6. The Kier molecular flexibility index (Phi) is 14.1. The van der Waals surface area contributed by atoms with Crippen molar-refractivity contribution in [3.05, 3.63) is 66.0 Å². The number of benzene rings is 5. The van der Waals surface area contributed by atoms with E-state index in [4.69, 9.17) is 23.7 Å². The number of aromatic hydroxyl groups is 1. The van der Waals surface area contributed by atoms with Crippen LogP contribution in [0.2, 0.25) is 0 Å². The summed E-state index contributed by atoms with van der Waals surface area (Å²) in [6, 6.07) is 2.71. The average molecular weight is 908 g/mol. The summed E-state index contributed by atoms with van der Waals surface area (Å²) in [5, 5.41) is 41.2. The molecule has 14 heteroatoms. The number of hydrogen-bond donors (Lipinski definition) is 4. The number of phenols is 1. The monoisotopic (exact) mass is 907 g/mol. The van der Waals surface area contributed by atoms with E-state index in [1.54, 1.807) is 14.2 Å². The average Bonchev–Trinajstić information content (AvgIpc) is 3.44.